The SMILES string of the molecule is COCc1ccc(C(=O)N2CCC(n3c(=O)[nH]c4ccccc43)CC2)o1. The average molecular weight is 355 g/mol. The largest absolute Gasteiger partial charge is 0.453 e. The number of aromatic amines is 1. The second-order valence-corrected chi connectivity index (χ2v) is 6.54. The van der Waals surface area contributed by atoms with Crippen LogP contribution in [0.15, 0.2) is 45.6 Å². The van der Waals surface area contributed by atoms with Crippen LogP contribution in [0.2, 0.25) is 0 Å². The first-order valence-corrected chi connectivity index (χ1v) is 8.73. The molecule has 1 N–H and O–H groups in total. The van der Waals surface area contributed by atoms with Crippen LogP contribution in [0.1, 0.15) is 35.2 Å². The number of nitrogens with zero attached hydrogens (tertiary/aromatic N) is 2. The van der Waals surface area contributed by atoms with Crippen molar-refractivity contribution in [3.8, 4) is 0 Å². The third-order valence-electron chi connectivity index (χ3n) is 4.90. The topological polar surface area (TPSA) is 80.5 Å². The Kier molecular flexibility index (Phi) is 4.38. The Hall–Kier alpha value is -2.80. The molecule has 0 radical (unpaired) electrons. The smallest absolute Gasteiger partial charge is 0.326 e. The van der Waals surface area contributed by atoms with Crippen LogP contribution < -0.4 is 5.69 Å². The van der Waals surface area contributed by atoms with E-state index in [-0.39, 0.29) is 17.6 Å². The number of methoxy groups -OCH3 is 1. The summed E-state index contributed by atoms with van der Waals surface area (Å²) in [5, 5.41) is 0. The van der Waals surface area contributed by atoms with Crippen molar-refractivity contribution in [2.75, 3.05) is 20.2 Å². The third kappa shape index (κ3) is 2.94. The first-order chi connectivity index (χ1) is 12.7. The van der Waals surface area contributed by atoms with E-state index in [0.717, 1.165) is 23.9 Å². The van der Waals surface area contributed by atoms with Crippen molar-refractivity contribution in [1.29, 1.82) is 0 Å². The molecule has 1 fully saturated rings. The molecule has 7 nitrogen and oxygen atoms in total. The maximum absolute atomic E-state index is 12.6. The predicted octanol–water partition coefficient (Wildman–Crippen LogP) is 2.55. The van der Waals surface area contributed by atoms with Gasteiger partial charge in [-0.2, -0.15) is 0 Å². The number of rotatable bonds is 4. The number of furan rings is 1. The van der Waals surface area contributed by atoms with Crippen molar-refractivity contribution in [1.82, 2.24) is 14.5 Å². The molecule has 1 aliphatic rings. The van der Waals surface area contributed by atoms with E-state index in [0.29, 0.717) is 31.2 Å². The minimum absolute atomic E-state index is 0.0864. The van der Waals surface area contributed by atoms with E-state index in [4.69, 9.17) is 9.15 Å². The number of likely N-dealkylation sites (tertiary alicyclic amines) is 1. The number of imidazole rings is 1. The normalized spacial score (nSPS) is 15.7. The molecule has 1 saturated heterocycles. The van der Waals surface area contributed by atoms with Gasteiger partial charge in [0, 0.05) is 26.2 Å². The second-order valence-electron chi connectivity index (χ2n) is 6.54. The zero-order valence-corrected chi connectivity index (χ0v) is 14.6. The molecule has 0 spiro atoms. The van der Waals surface area contributed by atoms with Crippen molar-refractivity contribution in [3.05, 3.63) is 58.4 Å². The van der Waals surface area contributed by atoms with Gasteiger partial charge < -0.3 is 19.0 Å². The van der Waals surface area contributed by atoms with Crippen molar-refractivity contribution < 1.29 is 13.9 Å². The van der Waals surface area contributed by atoms with E-state index < -0.39 is 0 Å². The molecule has 2 aromatic heterocycles. The number of carbonyl (C=O) groups excluding carboxylic acids is 1. The van der Waals surface area contributed by atoms with Crippen molar-refractivity contribution in [3.63, 3.8) is 0 Å². The summed E-state index contributed by atoms with van der Waals surface area (Å²) in [5.41, 5.74) is 1.67. The van der Waals surface area contributed by atoms with Gasteiger partial charge in [0.1, 0.15) is 12.4 Å². The summed E-state index contributed by atoms with van der Waals surface area (Å²) in [6, 6.07) is 11.2. The van der Waals surface area contributed by atoms with Gasteiger partial charge in [0.15, 0.2) is 5.76 Å². The predicted molar refractivity (Wildman–Crippen MR) is 96.2 cm³/mol. The number of fused-ring (bicyclic) bond motifs is 1. The van der Waals surface area contributed by atoms with Crippen LogP contribution in [0.25, 0.3) is 11.0 Å². The molecule has 0 aliphatic carbocycles. The van der Waals surface area contributed by atoms with Gasteiger partial charge in [-0.05, 0) is 37.1 Å². The Balaban J connectivity index is 1.47. The molecular formula is C19H21N3O4. The third-order valence-corrected chi connectivity index (χ3v) is 4.90. The number of nitrogens with one attached hydrogen (secondary N) is 1. The summed E-state index contributed by atoms with van der Waals surface area (Å²) in [5.74, 6) is 0.855. The maximum Gasteiger partial charge on any atom is 0.326 e. The van der Waals surface area contributed by atoms with Crippen molar-refractivity contribution >= 4 is 16.9 Å². The Labute approximate surface area is 150 Å². The quantitative estimate of drug-likeness (QED) is 0.780. The lowest BCUT2D eigenvalue weighted by Crippen LogP contribution is -2.40. The van der Waals surface area contributed by atoms with Crippen LogP contribution in [-0.2, 0) is 11.3 Å². The minimum Gasteiger partial charge on any atom is -0.453 e. The van der Waals surface area contributed by atoms with Gasteiger partial charge in [0.25, 0.3) is 5.91 Å². The highest BCUT2D eigenvalue weighted by Gasteiger charge is 2.27. The van der Waals surface area contributed by atoms with Crippen LogP contribution in [0.3, 0.4) is 0 Å². The highest BCUT2D eigenvalue weighted by atomic mass is 16.5. The Bertz CT molecular complexity index is 976. The number of H-pyrrole nitrogens is 1. The molecule has 0 atom stereocenters. The van der Waals surface area contributed by atoms with Crippen LogP contribution in [0.5, 0.6) is 0 Å². The molecular weight excluding hydrogens is 334 g/mol. The molecule has 1 amide bonds. The maximum atomic E-state index is 12.6. The standard InChI is InChI=1S/C19H21N3O4/c1-25-12-14-6-7-17(26-14)18(23)21-10-8-13(9-11-21)22-16-5-3-2-4-15(16)20-19(22)24/h2-7,13H,8-12H2,1H3,(H,20,24). The van der Waals surface area contributed by atoms with Gasteiger partial charge in [0.05, 0.1) is 11.0 Å². The second kappa shape index (κ2) is 6.84. The molecule has 1 aliphatic heterocycles. The lowest BCUT2D eigenvalue weighted by molar-refractivity contribution is 0.0655. The van der Waals surface area contributed by atoms with Gasteiger partial charge >= 0.3 is 5.69 Å². The molecule has 7 heteroatoms. The highest BCUT2D eigenvalue weighted by Crippen LogP contribution is 2.26. The van der Waals surface area contributed by atoms with E-state index in [2.05, 4.69) is 4.98 Å². The average Bonchev–Trinajstić information content (AvgIpc) is 3.25. The van der Waals surface area contributed by atoms with Crippen LogP contribution in [-0.4, -0.2) is 40.6 Å². The van der Waals surface area contributed by atoms with E-state index in [1.54, 1.807) is 24.1 Å². The van der Waals surface area contributed by atoms with E-state index in [1.807, 2.05) is 28.8 Å². The molecule has 1 aromatic carbocycles. The van der Waals surface area contributed by atoms with E-state index in [1.165, 1.54) is 0 Å². The first kappa shape index (κ1) is 16.7. The van der Waals surface area contributed by atoms with Crippen molar-refractivity contribution in [2.45, 2.75) is 25.5 Å². The van der Waals surface area contributed by atoms with Crippen LogP contribution >= 0.6 is 0 Å². The molecule has 26 heavy (non-hydrogen) atoms. The lowest BCUT2D eigenvalue weighted by Gasteiger charge is -2.32. The van der Waals surface area contributed by atoms with Crippen LogP contribution in [0.4, 0.5) is 0 Å². The first-order valence-electron chi connectivity index (χ1n) is 8.73. The molecule has 0 bridgehead atoms. The van der Waals surface area contributed by atoms with E-state index in [9.17, 15) is 9.59 Å². The minimum atomic E-state index is -0.114. The molecule has 3 aromatic rings. The van der Waals surface area contributed by atoms with Gasteiger partial charge in [0.2, 0.25) is 0 Å². The zero-order valence-electron chi connectivity index (χ0n) is 14.6. The molecule has 136 valence electrons. The number of ether oxygens (including phenoxy) is 1. The van der Waals surface area contributed by atoms with Gasteiger partial charge in [-0.15, -0.1) is 0 Å². The number of hydrogen-bond donors (Lipinski definition) is 1. The fraction of sp³-hybridized carbons (Fsp3) is 0.368. The number of hydrogen-bond acceptors (Lipinski definition) is 4. The number of amides is 1. The van der Waals surface area contributed by atoms with Gasteiger partial charge in [-0.1, -0.05) is 12.1 Å². The molecule has 3 heterocycles. The fourth-order valence-corrected chi connectivity index (χ4v) is 3.63. The number of para-hydroxylation sites is 2. The highest BCUT2D eigenvalue weighted by molar-refractivity contribution is 5.91. The zero-order chi connectivity index (χ0) is 18.1. The Morgan fingerprint density at radius 3 is 2.77 bits per heavy atom. The van der Waals surface area contributed by atoms with E-state index >= 15 is 0 Å². The summed E-state index contributed by atoms with van der Waals surface area (Å²) >= 11 is 0. The number of aromatic nitrogens is 2. The fourth-order valence-electron chi connectivity index (χ4n) is 3.63. The number of carbonyl (C=O) groups is 1. The summed E-state index contributed by atoms with van der Waals surface area (Å²) < 4.78 is 12.4. The summed E-state index contributed by atoms with van der Waals surface area (Å²) in [6.45, 7) is 1.53. The summed E-state index contributed by atoms with van der Waals surface area (Å²) in [7, 11) is 1.58. The Morgan fingerprint density at radius 1 is 1.23 bits per heavy atom. The summed E-state index contributed by atoms with van der Waals surface area (Å²) in [4.78, 5) is 29.6. The van der Waals surface area contributed by atoms with Crippen molar-refractivity contribution in [2.24, 2.45) is 0 Å². The number of piperidine rings is 1. The Morgan fingerprint density at radius 2 is 2.00 bits per heavy atom. The molecule has 0 unspecified atom stereocenters. The van der Waals surface area contributed by atoms with Crippen LogP contribution in [0, 0.1) is 0 Å². The number of benzene rings is 1. The molecule has 0 saturated carbocycles. The lowest BCUT2D eigenvalue weighted by atomic mass is 10.0. The van der Waals surface area contributed by atoms with Gasteiger partial charge in [-0.3, -0.25) is 9.36 Å². The monoisotopic (exact) mass is 355 g/mol. The molecule has 4 rings (SSSR count). The summed E-state index contributed by atoms with van der Waals surface area (Å²) in [6.07, 6.45) is 1.47. The van der Waals surface area contributed by atoms with Gasteiger partial charge in [-0.25, -0.2) is 4.79 Å².